The molecule has 0 radical (unpaired) electrons. The summed E-state index contributed by atoms with van der Waals surface area (Å²) in [6, 6.07) is 40.1. The Bertz CT molecular complexity index is 2530. The predicted octanol–water partition coefficient (Wildman–Crippen LogP) is 3.59. The van der Waals surface area contributed by atoms with E-state index in [1.54, 1.807) is 58.3 Å². The second kappa shape index (κ2) is 22.3. The van der Waals surface area contributed by atoms with Crippen molar-refractivity contribution >= 4 is 47.0 Å². The molecule has 0 aliphatic carbocycles. The molecule has 0 unspecified atom stereocenters. The molecular formula is C49H54N12O4. The highest BCUT2D eigenvalue weighted by Gasteiger charge is 2.33. The molecule has 1 heterocycles. The van der Waals surface area contributed by atoms with Gasteiger partial charge in [-0.1, -0.05) is 129 Å². The number of amides is 4. The quantitative estimate of drug-likeness (QED) is 0.0484. The lowest BCUT2D eigenvalue weighted by Crippen LogP contribution is -2.59. The van der Waals surface area contributed by atoms with Gasteiger partial charge >= 0.3 is 0 Å². The van der Waals surface area contributed by atoms with Gasteiger partial charge in [0.1, 0.15) is 23.5 Å². The molecule has 2 atom stereocenters. The van der Waals surface area contributed by atoms with Crippen LogP contribution in [0.2, 0.25) is 0 Å². The van der Waals surface area contributed by atoms with Crippen LogP contribution < -0.4 is 33.6 Å². The first-order valence-electron chi connectivity index (χ1n) is 21.2. The largest absolute Gasteiger partial charge is 0.369 e. The van der Waals surface area contributed by atoms with Gasteiger partial charge in [-0.2, -0.15) is 0 Å². The lowest BCUT2D eigenvalue weighted by atomic mass is 9.99. The van der Waals surface area contributed by atoms with Gasteiger partial charge in [0, 0.05) is 66.0 Å². The van der Waals surface area contributed by atoms with E-state index in [-0.39, 0.29) is 62.3 Å². The van der Waals surface area contributed by atoms with Gasteiger partial charge in [-0.05, 0) is 42.2 Å². The third kappa shape index (κ3) is 13.0. The molecule has 1 fully saturated rings. The van der Waals surface area contributed by atoms with Crippen LogP contribution in [0.1, 0.15) is 68.8 Å². The number of hydrogen-bond acceptors (Lipinski definition) is 8. The summed E-state index contributed by atoms with van der Waals surface area (Å²) in [6.45, 7) is 4.96. The first kappa shape index (κ1) is 46.4. The highest BCUT2D eigenvalue weighted by molar-refractivity contribution is 6.14. The molecule has 16 nitrogen and oxygen atoms in total. The highest BCUT2D eigenvalue weighted by atomic mass is 16.2. The Balaban J connectivity index is 1.11. The topological polar surface area (TPSA) is 252 Å². The zero-order valence-electron chi connectivity index (χ0n) is 36.4. The lowest BCUT2D eigenvalue weighted by molar-refractivity contribution is -0.141. The standard InChI is InChI=1S/C49H54N12O4/c1-32(2)30-40(54-44(62)38-22-18-36(19-23-38)42(56-58-48(50)51)34-14-8-4-9-15-34)46(64)60-26-28-61(29-27-60)47(65)41(31-33-12-6-3-7-13-33)55-45(63)39-24-20-37(21-25-39)43(57-59-49(52)53)35-16-10-5-11-17-35/h3-25,32,40-41H,26-31H2,1-2H3,(H,54,62)(H,55,63)(H4,50,51,58)(H4,52,53,59)/b56-42?,57-43+/t40-,41-/m0/s1. The molecule has 6 rings (SSSR count). The van der Waals surface area contributed by atoms with Crippen LogP contribution in [0.4, 0.5) is 0 Å². The summed E-state index contributed by atoms with van der Waals surface area (Å²) in [5, 5.41) is 22.1. The van der Waals surface area contributed by atoms with E-state index in [4.69, 9.17) is 22.9 Å². The summed E-state index contributed by atoms with van der Waals surface area (Å²) in [6.07, 6.45) is 0.667. The monoisotopic (exact) mass is 874 g/mol. The molecule has 0 saturated carbocycles. The smallest absolute Gasteiger partial charge is 0.251 e. The van der Waals surface area contributed by atoms with Crippen LogP contribution in [-0.2, 0) is 16.0 Å². The third-order valence-electron chi connectivity index (χ3n) is 10.6. The normalized spacial score (nSPS) is 13.9. The maximum Gasteiger partial charge on any atom is 0.251 e. The Kier molecular flexibility index (Phi) is 15.9. The van der Waals surface area contributed by atoms with E-state index in [1.165, 1.54) is 0 Å². The Hall–Kier alpha value is -8.14. The summed E-state index contributed by atoms with van der Waals surface area (Å²) in [7, 11) is 0. The second-order valence-corrected chi connectivity index (χ2v) is 15.9. The van der Waals surface area contributed by atoms with Crippen molar-refractivity contribution in [3.8, 4) is 0 Å². The maximum atomic E-state index is 14.2. The van der Waals surface area contributed by atoms with Gasteiger partial charge in [0.2, 0.25) is 23.7 Å². The summed E-state index contributed by atoms with van der Waals surface area (Å²) in [4.78, 5) is 59.1. The molecule has 5 aromatic rings. The molecule has 334 valence electrons. The highest BCUT2D eigenvalue weighted by Crippen LogP contribution is 2.18. The minimum atomic E-state index is -0.893. The van der Waals surface area contributed by atoms with Crippen molar-refractivity contribution in [1.29, 1.82) is 0 Å². The van der Waals surface area contributed by atoms with Crippen LogP contribution in [0.3, 0.4) is 0 Å². The van der Waals surface area contributed by atoms with Crippen LogP contribution in [0.15, 0.2) is 160 Å². The van der Waals surface area contributed by atoms with Gasteiger partial charge in [0.25, 0.3) is 11.8 Å². The van der Waals surface area contributed by atoms with Crippen LogP contribution in [0, 0.1) is 5.92 Å². The summed E-state index contributed by atoms with van der Waals surface area (Å²) < 4.78 is 0. The molecule has 1 saturated heterocycles. The number of carbonyl (C=O) groups excluding carboxylic acids is 4. The van der Waals surface area contributed by atoms with Crippen molar-refractivity contribution < 1.29 is 19.2 Å². The molecule has 1 aliphatic heterocycles. The Morgan fingerprint density at radius 2 is 0.815 bits per heavy atom. The molecule has 4 amide bonds. The minimum Gasteiger partial charge on any atom is -0.369 e. The van der Waals surface area contributed by atoms with E-state index in [1.807, 2.05) is 105 Å². The number of nitrogens with zero attached hydrogens (tertiary/aromatic N) is 6. The number of hydrogen-bond donors (Lipinski definition) is 6. The molecule has 65 heavy (non-hydrogen) atoms. The van der Waals surface area contributed by atoms with Gasteiger partial charge in [0.15, 0.2) is 0 Å². The van der Waals surface area contributed by atoms with Crippen molar-refractivity contribution in [2.45, 2.75) is 38.8 Å². The van der Waals surface area contributed by atoms with Gasteiger partial charge in [-0.25, -0.2) is 0 Å². The van der Waals surface area contributed by atoms with E-state index in [0.717, 1.165) is 16.7 Å². The molecule has 0 bridgehead atoms. The number of nitrogens with one attached hydrogen (secondary N) is 2. The van der Waals surface area contributed by atoms with Gasteiger partial charge in [0.05, 0.1) is 0 Å². The molecule has 16 heteroatoms. The number of rotatable bonds is 16. The van der Waals surface area contributed by atoms with E-state index >= 15 is 0 Å². The zero-order chi connectivity index (χ0) is 46.3. The Morgan fingerprint density at radius 3 is 1.20 bits per heavy atom. The van der Waals surface area contributed by atoms with Gasteiger partial charge < -0.3 is 43.4 Å². The van der Waals surface area contributed by atoms with E-state index in [2.05, 4.69) is 31.0 Å². The fourth-order valence-corrected chi connectivity index (χ4v) is 7.34. The first-order chi connectivity index (χ1) is 31.4. The van der Waals surface area contributed by atoms with Crippen LogP contribution >= 0.6 is 0 Å². The summed E-state index contributed by atoms with van der Waals surface area (Å²) >= 11 is 0. The van der Waals surface area contributed by atoms with Crippen LogP contribution in [-0.4, -0.2) is 95.0 Å². The number of nitrogens with two attached hydrogens (primary N) is 4. The van der Waals surface area contributed by atoms with Crippen molar-refractivity contribution in [2.75, 3.05) is 26.2 Å². The summed E-state index contributed by atoms with van der Waals surface area (Å²) in [5.74, 6) is -1.62. The van der Waals surface area contributed by atoms with Crippen LogP contribution in [0.5, 0.6) is 0 Å². The number of piperazine rings is 1. The fourth-order valence-electron chi connectivity index (χ4n) is 7.34. The number of carbonyl (C=O) groups is 4. The summed E-state index contributed by atoms with van der Waals surface area (Å²) in [5.41, 5.74) is 27.7. The van der Waals surface area contributed by atoms with Gasteiger partial charge in [-0.3, -0.25) is 19.2 Å². The zero-order valence-corrected chi connectivity index (χ0v) is 36.4. The third-order valence-corrected chi connectivity index (χ3v) is 10.6. The van der Waals surface area contributed by atoms with Crippen molar-refractivity contribution in [1.82, 2.24) is 20.4 Å². The average molecular weight is 875 g/mol. The molecule has 0 spiro atoms. The molecule has 10 N–H and O–H groups in total. The molecular weight excluding hydrogens is 821 g/mol. The number of guanidine groups is 2. The molecule has 5 aromatic carbocycles. The minimum absolute atomic E-state index is 0.0944. The lowest BCUT2D eigenvalue weighted by Gasteiger charge is -2.38. The Labute approximate surface area is 378 Å². The van der Waals surface area contributed by atoms with Crippen LogP contribution in [0.25, 0.3) is 0 Å². The average Bonchev–Trinajstić information content (AvgIpc) is 3.32. The SMILES string of the molecule is CC(C)C[C@H](NC(=O)c1ccc(C(=NN=C(N)N)c2ccccc2)cc1)C(=O)N1CCN(C(=O)[C@H](Cc2ccccc2)NC(=O)c2ccc(/C(=N/N=C(N)N)c3ccccc3)cc2)CC1. The maximum absolute atomic E-state index is 14.2. The van der Waals surface area contributed by atoms with Crippen molar-refractivity contribution in [3.05, 3.63) is 178 Å². The molecule has 0 aromatic heterocycles. The van der Waals surface area contributed by atoms with E-state index < -0.39 is 23.9 Å². The van der Waals surface area contributed by atoms with Gasteiger partial charge in [-0.15, -0.1) is 20.4 Å². The second-order valence-electron chi connectivity index (χ2n) is 15.9. The van der Waals surface area contributed by atoms with Crippen molar-refractivity contribution in [3.63, 3.8) is 0 Å². The van der Waals surface area contributed by atoms with E-state index in [0.29, 0.717) is 40.1 Å². The first-order valence-corrected chi connectivity index (χ1v) is 21.2. The number of benzene rings is 5. The van der Waals surface area contributed by atoms with E-state index in [9.17, 15) is 19.2 Å². The Morgan fingerprint density at radius 1 is 0.477 bits per heavy atom. The fraction of sp³-hybridized carbons (Fsp3) is 0.224. The van der Waals surface area contributed by atoms with Crippen molar-refractivity contribution in [2.24, 2.45) is 49.3 Å². The molecule has 1 aliphatic rings. The predicted molar refractivity (Wildman–Crippen MR) is 254 cm³/mol.